The largest absolute Gasteiger partial charge is 0.416 e. The van der Waals surface area contributed by atoms with E-state index in [0.29, 0.717) is 18.7 Å². The molecule has 1 heterocycles. The first-order valence-electron chi connectivity index (χ1n) is 8.09. The van der Waals surface area contributed by atoms with E-state index in [-0.39, 0.29) is 12.1 Å². The number of fused-ring (bicyclic) bond motifs is 1. The van der Waals surface area contributed by atoms with Gasteiger partial charge in [0.15, 0.2) is 0 Å². The first-order valence-corrected chi connectivity index (χ1v) is 9.94. The highest BCUT2D eigenvalue weighted by Gasteiger charge is 2.31. The Morgan fingerprint density at radius 3 is 2.52 bits per heavy atom. The van der Waals surface area contributed by atoms with E-state index in [1.807, 2.05) is 0 Å². The number of carbonyl (C=O) groups is 1. The normalized spacial score (nSPS) is 15.3. The lowest BCUT2D eigenvalue weighted by Crippen LogP contribution is -2.35. The molecule has 27 heavy (non-hydrogen) atoms. The molecule has 0 fully saturated rings. The van der Waals surface area contributed by atoms with Gasteiger partial charge in [-0.1, -0.05) is 12.1 Å². The summed E-state index contributed by atoms with van der Waals surface area (Å²) in [6.07, 6.45) is -2.83. The minimum absolute atomic E-state index is 0.111. The summed E-state index contributed by atoms with van der Waals surface area (Å²) < 4.78 is 63.2. The van der Waals surface area contributed by atoms with Crippen LogP contribution in [0.4, 0.5) is 18.9 Å². The number of anilines is 1. The van der Waals surface area contributed by atoms with Crippen molar-refractivity contribution in [2.24, 2.45) is 0 Å². The van der Waals surface area contributed by atoms with Gasteiger partial charge in [-0.2, -0.15) is 17.5 Å². The zero-order valence-corrected chi connectivity index (χ0v) is 15.2. The van der Waals surface area contributed by atoms with Crippen LogP contribution in [0.5, 0.6) is 0 Å². The van der Waals surface area contributed by atoms with Gasteiger partial charge in [0, 0.05) is 24.3 Å². The Hall–Kier alpha value is -2.39. The van der Waals surface area contributed by atoms with Gasteiger partial charge in [0.1, 0.15) is 0 Å². The third kappa shape index (κ3) is 4.48. The highest BCUT2D eigenvalue weighted by Crippen LogP contribution is 2.30. The Balaban J connectivity index is 1.80. The number of hydrogen-bond acceptors (Lipinski definition) is 3. The van der Waals surface area contributed by atoms with Crippen molar-refractivity contribution in [3.63, 3.8) is 0 Å². The molecule has 1 aliphatic rings. The third-order valence-corrected chi connectivity index (χ3v) is 5.61. The second-order valence-corrected chi connectivity index (χ2v) is 8.35. The molecular formula is C18H17F3N2O3S. The molecule has 0 spiro atoms. The number of nitrogens with one attached hydrogen (secondary N) is 1. The van der Waals surface area contributed by atoms with Gasteiger partial charge in [-0.15, -0.1) is 0 Å². The van der Waals surface area contributed by atoms with E-state index in [1.54, 1.807) is 18.2 Å². The molecule has 1 amide bonds. The minimum atomic E-state index is -4.53. The lowest BCUT2D eigenvalue weighted by atomic mass is 10.0. The minimum Gasteiger partial charge on any atom is -0.322 e. The van der Waals surface area contributed by atoms with Crippen LogP contribution < -0.4 is 5.32 Å². The summed E-state index contributed by atoms with van der Waals surface area (Å²) in [5, 5.41) is 2.57. The first kappa shape index (κ1) is 19.4. The Morgan fingerprint density at radius 2 is 1.85 bits per heavy atom. The number of nitrogens with zero attached hydrogens (tertiary/aromatic N) is 1. The molecule has 3 rings (SSSR count). The van der Waals surface area contributed by atoms with Gasteiger partial charge < -0.3 is 5.32 Å². The molecule has 2 aromatic rings. The molecule has 0 radical (unpaired) electrons. The van der Waals surface area contributed by atoms with Crippen molar-refractivity contribution in [3.05, 3.63) is 64.7 Å². The number of rotatable bonds is 3. The van der Waals surface area contributed by atoms with E-state index < -0.39 is 27.7 Å². The van der Waals surface area contributed by atoms with Crippen molar-refractivity contribution >= 4 is 21.6 Å². The van der Waals surface area contributed by atoms with Crippen LogP contribution in [-0.2, 0) is 29.2 Å². The standard InChI is InChI=1S/C18H17F3N2O3S/c1-27(25,26)23-8-7-12-5-6-16(10-14(12)11-23)22-17(24)13-3-2-4-15(9-13)18(19,20)21/h2-6,9-10H,7-8,11H2,1H3,(H,22,24). The molecule has 1 N–H and O–H groups in total. The lowest BCUT2D eigenvalue weighted by Gasteiger charge is -2.27. The van der Waals surface area contributed by atoms with E-state index in [0.717, 1.165) is 29.5 Å². The second kappa shape index (κ2) is 6.97. The molecule has 9 heteroatoms. The smallest absolute Gasteiger partial charge is 0.322 e. The Morgan fingerprint density at radius 1 is 1.11 bits per heavy atom. The summed E-state index contributed by atoms with van der Waals surface area (Å²) in [5.41, 5.74) is 1.12. The zero-order valence-electron chi connectivity index (χ0n) is 14.4. The predicted molar refractivity (Wildman–Crippen MR) is 94.8 cm³/mol. The fraction of sp³-hybridized carbons (Fsp3) is 0.278. The van der Waals surface area contributed by atoms with Crippen LogP contribution in [0.25, 0.3) is 0 Å². The van der Waals surface area contributed by atoms with Crippen LogP contribution in [0, 0.1) is 0 Å². The molecule has 1 aliphatic heterocycles. The van der Waals surface area contributed by atoms with Crippen molar-refractivity contribution in [1.82, 2.24) is 4.31 Å². The summed E-state index contributed by atoms with van der Waals surface area (Å²) >= 11 is 0. The van der Waals surface area contributed by atoms with Crippen molar-refractivity contribution in [1.29, 1.82) is 0 Å². The fourth-order valence-corrected chi connectivity index (χ4v) is 3.73. The van der Waals surface area contributed by atoms with Crippen molar-refractivity contribution in [2.45, 2.75) is 19.1 Å². The van der Waals surface area contributed by atoms with Gasteiger partial charge in [-0.05, 0) is 47.9 Å². The number of benzene rings is 2. The molecule has 0 saturated carbocycles. The SMILES string of the molecule is CS(=O)(=O)N1CCc2ccc(NC(=O)c3cccc(C(F)(F)F)c3)cc2C1. The van der Waals surface area contributed by atoms with Gasteiger partial charge >= 0.3 is 6.18 Å². The number of hydrogen-bond donors (Lipinski definition) is 1. The molecular weight excluding hydrogens is 381 g/mol. The summed E-state index contributed by atoms with van der Waals surface area (Å²) in [4.78, 5) is 12.3. The van der Waals surface area contributed by atoms with Crippen molar-refractivity contribution < 1.29 is 26.4 Å². The highest BCUT2D eigenvalue weighted by atomic mass is 32.2. The Kier molecular flexibility index (Phi) is 5.00. The van der Waals surface area contributed by atoms with Crippen LogP contribution in [-0.4, -0.2) is 31.4 Å². The lowest BCUT2D eigenvalue weighted by molar-refractivity contribution is -0.137. The topological polar surface area (TPSA) is 66.5 Å². The molecule has 2 aromatic carbocycles. The molecule has 0 unspecified atom stereocenters. The van der Waals surface area contributed by atoms with Crippen LogP contribution in [0.15, 0.2) is 42.5 Å². The summed E-state index contributed by atoms with van der Waals surface area (Å²) in [6, 6.07) is 9.26. The molecule has 0 atom stereocenters. The average molecular weight is 398 g/mol. The zero-order chi connectivity index (χ0) is 19.8. The van der Waals surface area contributed by atoms with Gasteiger partial charge in [-0.25, -0.2) is 8.42 Å². The predicted octanol–water partition coefficient (Wildman–Crippen LogP) is 3.28. The van der Waals surface area contributed by atoms with E-state index in [1.165, 1.54) is 16.4 Å². The summed E-state index contributed by atoms with van der Waals surface area (Å²) in [7, 11) is -3.33. The van der Waals surface area contributed by atoms with Gasteiger partial charge in [0.05, 0.1) is 11.8 Å². The molecule has 144 valence electrons. The van der Waals surface area contributed by atoms with E-state index in [9.17, 15) is 26.4 Å². The molecule has 0 bridgehead atoms. The monoisotopic (exact) mass is 398 g/mol. The Bertz CT molecular complexity index is 988. The van der Waals surface area contributed by atoms with Crippen LogP contribution >= 0.6 is 0 Å². The maximum Gasteiger partial charge on any atom is 0.416 e. The summed E-state index contributed by atoms with van der Waals surface area (Å²) in [6.45, 7) is 0.587. The molecule has 5 nitrogen and oxygen atoms in total. The van der Waals surface area contributed by atoms with Gasteiger partial charge in [-0.3, -0.25) is 4.79 Å². The number of halogens is 3. The second-order valence-electron chi connectivity index (χ2n) is 6.36. The third-order valence-electron chi connectivity index (χ3n) is 4.36. The average Bonchev–Trinajstić information content (AvgIpc) is 2.59. The molecule has 0 aromatic heterocycles. The maximum absolute atomic E-state index is 12.8. The van der Waals surface area contributed by atoms with Crippen LogP contribution in [0.3, 0.4) is 0 Å². The number of sulfonamides is 1. The van der Waals surface area contributed by atoms with Gasteiger partial charge in [0.2, 0.25) is 10.0 Å². The quantitative estimate of drug-likeness (QED) is 0.863. The first-order chi connectivity index (χ1) is 12.5. The highest BCUT2D eigenvalue weighted by molar-refractivity contribution is 7.88. The number of amides is 1. The number of carbonyl (C=O) groups excluding carboxylic acids is 1. The summed E-state index contributed by atoms with van der Waals surface area (Å²) in [5.74, 6) is -0.670. The van der Waals surface area contributed by atoms with Gasteiger partial charge in [0.25, 0.3) is 5.91 Å². The van der Waals surface area contributed by atoms with Crippen LogP contribution in [0.2, 0.25) is 0 Å². The molecule has 0 aliphatic carbocycles. The van der Waals surface area contributed by atoms with Crippen molar-refractivity contribution in [3.8, 4) is 0 Å². The van der Waals surface area contributed by atoms with Crippen LogP contribution in [0.1, 0.15) is 27.0 Å². The molecule has 0 saturated heterocycles. The Labute approximate surface area is 154 Å². The number of alkyl halides is 3. The fourth-order valence-electron chi connectivity index (χ4n) is 2.93. The van der Waals surface area contributed by atoms with E-state index in [4.69, 9.17) is 0 Å². The van der Waals surface area contributed by atoms with E-state index >= 15 is 0 Å². The van der Waals surface area contributed by atoms with E-state index in [2.05, 4.69) is 5.32 Å². The van der Waals surface area contributed by atoms with Crippen molar-refractivity contribution in [2.75, 3.05) is 18.1 Å². The maximum atomic E-state index is 12.8.